The maximum absolute atomic E-state index is 14.0. The summed E-state index contributed by atoms with van der Waals surface area (Å²) < 4.78 is 20.7. The van der Waals surface area contributed by atoms with E-state index in [1.807, 2.05) is 17.0 Å². The third-order valence-electron chi connectivity index (χ3n) is 4.91. The van der Waals surface area contributed by atoms with Crippen LogP contribution in [-0.4, -0.2) is 11.9 Å². The Morgan fingerprint density at radius 3 is 2.68 bits per heavy atom. The fourth-order valence-corrected chi connectivity index (χ4v) is 3.84. The number of hydrogen-bond acceptors (Lipinski definition) is 2. The van der Waals surface area contributed by atoms with Crippen molar-refractivity contribution in [3.8, 4) is 11.5 Å². The van der Waals surface area contributed by atoms with Crippen LogP contribution in [0, 0.1) is 11.7 Å². The highest BCUT2D eigenvalue weighted by Gasteiger charge is 2.39. The molecule has 0 unspecified atom stereocenters. The minimum absolute atomic E-state index is 0.160. The van der Waals surface area contributed by atoms with E-state index in [9.17, 15) is 9.18 Å². The largest absolute Gasteiger partial charge is 0.453 e. The normalized spacial score (nSPS) is 19.5. The zero-order valence-corrected chi connectivity index (χ0v) is 15.6. The summed E-state index contributed by atoms with van der Waals surface area (Å²) >= 11 is 3.52. The van der Waals surface area contributed by atoms with Gasteiger partial charge < -0.3 is 9.64 Å². The minimum Gasteiger partial charge on any atom is -0.453 e. The lowest BCUT2D eigenvalue weighted by atomic mass is 9.95. The fourth-order valence-electron chi connectivity index (χ4n) is 3.39. The predicted octanol–water partition coefficient (Wildman–Crippen LogP) is 5.46. The van der Waals surface area contributed by atoms with Crippen LogP contribution < -0.4 is 9.64 Å². The summed E-state index contributed by atoms with van der Waals surface area (Å²) in [6, 6.07) is 10.4. The van der Waals surface area contributed by atoms with Gasteiger partial charge in [0.15, 0.2) is 11.6 Å². The zero-order valence-electron chi connectivity index (χ0n) is 14.0. The average molecular weight is 404 g/mol. The van der Waals surface area contributed by atoms with E-state index in [0.717, 1.165) is 41.4 Å². The standard InChI is InChI=1S/C20H19BrFNO2/c1-12-6-9-14-17(23(12)20(24)13-7-8-13)11-10-15(21)19(14)25-18-5-3-2-4-16(18)22/h2-5,10-13H,6-9H2,1H3/t12-/m0/s1. The molecule has 1 saturated carbocycles. The maximum Gasteiger partial charge on any atom is 0.230 e. The number of para-hydroxylation sites is 1. The van der Waals surface area contributed by atoms with E-state index in [4.69, 9.17) is 4.74 Å². The molecule has 2 aliphatic rings. The summed E-state index contributed by atoms with van der Waals surface area (Å²) in [6.07, 6.45) is 3.63. The maximum atomic E-state index is 14.0. The number of halogens is 2. The Hall–Kier alpha value is -1.88. The zero-order chi connectivity index (χ0) is 17.6. The molecule has 0 N–H and O–H groups in total. The molecular formula is C20H19BrFNO2. The van der Waals surface area contributed by atoms with Crippen molar-refractivity contribution in [2.75, 3.05) is 4.90 Å². The SMILES string of the molecule is C[C@H]1CCc2c(ccc(Br)c2Oc2ccccc2F)N1C(=O)C1CC1. The van der Waals surface area contributed by atoms with Gasteiger partial charge in [-0.15, -0.1) is 0 Å². The Morgan fingerprint density at radius 1 is 1.20 bits per heavy atom. The smallest absolute Gasteiger partial charge is 0.230 e. The molecule has 1 aliphatic heterocycles. The highest BCUT2D eigenvalue weighted by atomic mass is 79.9. The van der Waals surface area contributed by atoms with Gasteiger partial charge in [0.25, 0.3) is 0 Å². The number of benzene rings is 2. The lowest BCUT2D eigenvalue weighted by Gasteiger charge is -2.36. The second-order valence-electron chi connectivity index (χ2n) is 6.78. The molecule has 0 spiro atoms. The van der Waals surface area contributed by atoms with E-state index in [0.29, 0.717) is 5.75 Å². The first kappa shape index (κ1) is 16.6. The molecule has 1 fully saturated rings. The summed E-state index contributed by atoms with van der Waals surface area (Å²) in [5.41, 5.74) is 1.86. The number of carbonyl (C=O) groups excluding carboxylic acids is 1. The Kier molecular flexibility index (Phi) is 4.28. The number of amides is 1. The van der Waals surface area contributed by atoms with Crippen LogP contribution in [0.1, 0.15) is 31.7 Å². The third kappa shape index (κ3) is 3.06. The molecule has 2 aromatic rings. The molecule has 0 radical (unpaired) electrons. The van der Waals surface area contributed by atoms with E-state index in [1.54, 1.807) is 18.2 Å². The summed E-state index contributed by atoms with van der Waals surface area (Å²) in [5, 5.41) is 0. The second kappa shape index (κ2) is 6.45. The molecule has 1 aliphatic carbocycles. The number of anilines is 1. The van der Waals surface area contributed by atoms with Gasteiger partial charge in [0, 0.05) is 17.5 Å². The molecule has 1 atom stereocenters. The molecule has 25 heavy (non-hydrogen) atoms. The Labute approximate surface area is 154 Å². The van der Waals surface area contributed by atoms with Gasteiger partial charge in [-0.2, -0.15) is 0 Å². The van der Waals surface area contributed by atoms with Crippen molar-refractivity contribution in [3.05, 3.63) is 52.3 Å². The monoisotopic (exact) mass is 403 g/mol. The van der Waals surface area contributed by atoms with Gasteiger partial charge in [-0.05, 0) is 72.8 Å². The van der Waals surface area contributed by atoms with E-state index < -0.39 is 5.82 Å². The molecule has 130 valence electrons. The van der Waals surface area contributed by atoms with Crippen molar-refractivity contribution in [1.29, 1.82) is 0 Å². The third-order valence-corrected chi connectivity index (χ3v) is 5.54. The summed E-state index contributed by atoms with van der Waals surface area (Å²) in [6.45, 7) is 2.09. The highest BCUT2D eigenvalue weighted by molar-refractivity contribution is 9.10. The van der Waals surface area contributed by atoms with Crippen LogP contribution in [0.5, 0.6) is 11.5 Å². The van der Waals surface area contributed by atoms with Gasteiger partial charge in [-0.1, -0.05) is 12.1 Å². The van der Waals surface area contributed by atoms with Gasteiger partial charge in [0.2, 0.25) is 5.91 Å². The molecule has 2 aromatic carbocycles. The summed E-state index contributed by atoms with van der Waals surface area (Å²) in [5.74, 6) is 0.751. The number of hydrogen-bond donors (Lipinski definition) is 0. The minimum atomic E-state index is -0.401. The molecular weight excluding hydrogens is 385 g/mol. The molecule has 0 aromatic heterocycles. The van der Waals surface area contributed by atoms with Crippen LogP contribution in [0.3, 0.4) is 0 Å². The van der Waals surface area contributed by atoms with Crippen LogP contribution in [-0.2, 0) is 11.2 Å². The second-order valence-corrected chi connectivity index (χ2v) is 7.63. The van der Waals surface area contributed by atoms with Crippen LogP contribution in [0.4, 0.5) is 10.1 Å². The van der Waals surface area contributed by atoms with E-state index in [-0.39, 0.29) is 23.6 Å². The van der Waals surface area contributed by atoms with Crippen LogP contribution in [0.2, 0.25) is 0 Å². The van der Waals surface area contributed by atoms with Crippen molar-refractivity contribution >= 4 is 27.5 Å². The first-order valence-corrected chi connectivity index (χ1v) is 9.42. The van der Waals surface area contributed by atoms with E-state index in [2.05, 4.69) is 22.9 Å². The Morgan fingerprint density at radius 2 is 1.96 bits per heavy atom. The van der Waals surface area contributed by atoms with Crippen molar-refractivity contribution in [2.45, 2.75) is 38.6 Å². The van der Waals surface area contributed by atoms with Crippen molar-refractivity contribution in [1.82, 2.24) is 0 Å². The van der Waals surface area contributed by atoms with Gasteiger partial charge in [0.05, 0.1) is 10.2 Å². The van der Waals surface area contributed by atoms with E-state index in [1.165, 1.54) is 6.07 Å². The summed E-state index contributed by atoms with van der Waals surface area (Å²) in [4.78, 5) is 14.7. The molecule has 3 nitrogen and oxygen atoms in total. The quantitative estimate of drug-likeness (QED) is 0.680. The van der Waals surface area contributed by atoms with E-state index >= 15 is 0 Å². The van der Waals surface area contributed by atoms with Gasteiger partial charge in [-0.25, -0.2) is 4.39 Å². The lowest BCUT2D eigenvalue weighted by Crippen LogP contribution is -2.43. The first-order chi connectivity index (χ1) is 12.1. The molecule has 5 heteroatoms. The number of fused-ring (bicyclic) bond motifs is 1. The van der Waals surface area contributed by atoms with Crippen molar-refractivity contribution < 1.29 is 13.9 Å². The fraction of sp³-hybridized carbons (Fsp3) is 0.350. The van der Waals surface area contributed by atoms with Crippen LogP contribution in [0.25, 0.3) is 0 Å². The average Bonchev–Trinajstić information content (AvgIpc) is 3.43. The van der Waals surface area contributed by atoms with Crippen molar-refractivity contribution in [3.63, 3.8) is 0 Å². The predicted molar refractivity (Wildman–Crippen MR) is 98.6 cm³/mol. The van der Waals surface area contributed by atoms with Gasteiger partial charge in [0.1, 0.15) is 5.75 Å². The lowest BCUT2D eigenvalue weighted by molar-refractivity contribution is -0.120. The summed E-state index contributed by atoms with van der Waals surface area (Å²) in [7, 11) is 0. The topological polar surface area (TPSA) is 29.5 Å². The molecule has 0 saturated heterocycles. The van der Waals surface area contributed by atoms with Gasteiger partial charge in [-0.3, -0.25) is 4.79 Å². The van der Waals surface area contributed by atoms with Crippen LogP contribution in [0.15, 0.2) is 40.9 Å². The Balaban J connectivity index is 1.76. The molecule has 4 rings (SSSR count). The highest BCUT2D eigenvalue weighted by Crippen LogP contribution is 2.45. The molecule has 0 bridgehead atoms. The number of rotatable bonds is 3. The van der Waals surface area contributed by atoms with Crippen LogP contribution >= 0.6 is 15.9 Å². The van der Waals surface area contributed by atoms with Crippen molar-refractivity contribution in [2.24, 2.45) is 5.92 Å². The number of carbonyl (C=O) groups is 1. The van der Waals surface area contributed by atoms with Gasteiger partial charge >= 0.3 is 0 Å². The Bertz CT molecular complexity index is 834. The number of nitrogens with zero attached hydrogens (tertiary/aromatic N) is 1. The number of ether oxygens (including phenoxy) is 1. The molecule has 1 heterocycles. The first-order valence-electron chi connectivity index (χ1n) is 8.63. The molecule has 1 amide bonds.